The van der Waals surface area contributed by atoms with Gasteiger partial charge in [-0.3, -0.25) is 9.36 Å². The third kappa shape index (κ3) is 4.91. The Kier molecular flexibility index (Phi) is 7.47. The van der Waals surface area contributed by atoms with E-state index < -0.39 is 12.0 Å². The van der Waals surface area contributed by atoms with Gasteiger partial charge >= 0.3 is 5.97 Å². The molecule has 1 atom stereocenters. The van der Waals surface area contributed by atoms with E-state index in [0.29, 0.717) is 39.5 Å². The molecule has 1 aliphatic rings. The number of thiazole rings is 1. The van der Waals surface area contributed by atoms with Gasteiger partial charge in [0.25, 0.3) is 5.56 Å². The second-order valence-electron chi connectivity index (χ2n) is 9.01. The summed E-state index contributed by atoms with van der Waals surface area (Å²) in [5, 5.41) is 1.04. The Balaban J connectivity index is 1.69. The number of hydrogen-bond donors (Lipinski definition) is 0. The minimum Gasteiger partial charge on any atom is -0.490 e. The van der Waals surface area contributed by atoms with Gasteiger partial charge in [-0.2, -0.15) is 0 Å². The molecule has 3 heterocycles. The fraction of sp³-hybridized carbons (Fsp3) is 0.194. The Labute approximate surface area is 230 Å². The van der Waals surface area contributed by atoms with Crippen molar-refractivity contribution in [1.29, 1.82) is 0 Å². The van der Waals surface area contributed by atoms with Crippen LogP contribution in [0.3, 0.4) is 0 Å². The largest absolute Gasteiger partial charge is 0.490 e. The third-order valence-corrected chi connectivity index (χ3v) is 7.50. The van der Waals surface area contributed by atoms with Gasteiger partial charge in [0.15, 0.2) is 4.80 Å². The van der Waals surface area contributed by atoms with Crippen molar-refractivity contribution in [3.8, 4) is 5.75 Å². The Bertz CT molecular complexity index is 1790. The van der Waals surface area contributed by atoms with Crippen molar-refractivity contribution in [2.45, 2.75) is 26.4 Å². The van der Waals surface area contributed by atoms with Crippen LogP contribution in [-0.2, 0) is 16.1 Å². The van der Waals surface area contributed by atoms with Crippen LogP contribution in [0.4, 0.5) is 0 Å². The standard InChI is InChI=1S/C31H29N3O4S/c1-5-16-33-19-22(24-10-8-9-11-25(24)33)18-26-29(35)34-28(21-12-14-23(15-13-21)38-17-6-2)27(30(36)37-7-3)20(4)32-31(34)39-26/h5-6,8-15,18-19,28H,1-2,7,16-17H2,3-4H3/t28-/m1/s1. The molecule has 0 aliphatic carbocycles. The van der Waals surface area contributed by atoms with Crippen LogP contribution in [-0.4, -0.2) is 28.3 Å². The summed E-state index contributed by atoms with van der Waals surface area (Å²) in [5.74, 6) is 0.179. The normalized spacial score (nSPS) is 15.1. The molecule has 0 unspecified atom stereocenters. The number of rotatable bonds is 9. The van der Waals surface area contributed by atoms with Crippen LogP contribution >= 0.6 is 11.3 Å². The molecule has 5 rings (SSSR count). The zero-order valence-electron chi connectivity index (χ0n) is 21.9. The van der Waals surface area contributed by atoms with E-state index in [0.717, 1.165) is 22.0 Å². The number of carbonyl (C=O) groups is 1. The van der Waals surface area contributed by atoms with E-state index in [1.165, 1.54) is 11.3 Å². The zero-order chi connectivity index (χ0) is 27.5. The molecule has 0 amide bonds. The van der Waals surface area contributed by atoms with Crippen LogP contribution in [0.2, 0.25) is 0 Å². The van der Waals surface area contributed by atoms with Gasteiger partial charge < -0.3 is 14.0 Å². The van der Waals surface area contributed by atoms with Crippen LogP contribution in [0.15, 0.2) is 101 Å². The third-order valence-electron chi connectivity index (χ3n) is 6.51. The van der Waals surface area contributed by atoms with E-state index in [4.69, 9.17) is 9.47 Å². The lowest BCUT2D eigenvalue weighted by molar-refractivity contribution is -0.139. The SMILES string of the molecule is C=CCOc1ccc([C@@H]2C(C(=O)OCC)=C(C)N=c3sc(=Cc4cn(CC=C)c5ccccc45)c(=O)n32)cc1. The van der Waals surface area contributed by atoms with E-state index >= 15 is 0 Å². The van der Waals surface area contributed by atoms with Crippen molar-refractivity contribution in [1.82, 2.24) is 9.13 Å². The summed E-state index contributed by atoms with van der Waals surface area (Å²) in [6.07, 6.45) is 7.45. The molecule has 4 aromatic rings. The number of nitrogens with zero attached hydrogens (tertiary/aromatic N) is 3. The van der Waals surface area contributed by atoms with Gasteiger partial charge in [0.05, 0.1) is 28.5 Å². The van der Waals surface area contributed by atoms with Gasteiger partial charge in [-0.1, -0.05) is 60.4 Å². The smallest absolute Gasteiger partial charge is 0.338 e. The summed E-state index contributed by atoms with van der Waals surface area (Å²) in [5.41, 5.74) is 3.41. The first kappa shape index (κ1) is 26.2. The molecule has 0 N–H and O–H groups in total. The number of benzene rings is 2. The molecular formula is C31H29N3O4S. The van der Waals surface area contributed by atoms with Crippen LogP contribution < -0.4 is 19.6 Å². The van der Waals surface area contributed by atoms with E-state index in [1.54, 1.807) is 24.5 Å². The molecule has 0 radical (unpaired) electrons. The van der Waals surface area contributed by atoms with Gasteiger partial charge in [0.1, 0.15) is 12.4 Å². The first-order valence-corrected chi connectivity index (χ1v) is 13.5. The average Bonchev–Trinajstić information content (AvgIpc) is 3.44. The Morgan fingerprint density at radius 2 is 1.90 bits per heavy atom. The van der Waals surface area contributed by atoms with Crippen molar-refractivity contribution in [2.24, 2.45) is 4.99 Å². The van der Waals surface area contributed by atoms with E-state index in [-0.39, 0.29) is 12.2 Å². The highest BCUT2D eigenvalue weighted by atomic mass is 32.1. The number of aromatic nitrogens is 2. The quantitative estimate of drug-likeness (QED) is 0.232. The maximum atomic E-state index is 14.0. The van der Waals surface area contributed by atoms with Crippen LogP contribution in [0, 0.1) is 0 Å². The average molecular weight is 540 g/mol. The molecule has 39 heavy (non-hydrogen) atoms. The van der Waals surface area contributed by atoms with Gasteiger partial charge in [-0.05, 0) is 43.7 Å². The highest BCUT2D eigenvalue weighted by Gasteiger charge is 2.33. The summed E-state index contributed by atoms with van der Waals surface area (Å²) in [4.78, 5) is 32.3. The molecule has 198 valence electrons. The monoisotopic (exact) mass is 539 g/mol. The predicted octanol–water partition coefficient (Wildman–Crippen LogP) is 4.50. The summed E-state index contributed by atoms with van der Waals surface area (Å²) < 4.78 is 15.2. The Morgan fingerprint density at radius 3 is 2.62 bits per heavy atom. The van der Waals surface area contributed by atoms with Crippen LogP contribution in [0.1, 0.15) is 31.0 Å². The molecule has 0 fully saturated rings. The fourth-order valence-corrected chi connectivity index (χ4v) is 5.87. The minimum absolute atomic E-state index is 0.217. The lowest BCUT2D eigenvalue weighted by Crippen LogP contribution is -2.39. The minimum atomic E-state index is -0.682. The van der Waals surface area contributed by atoms with Crippen LogP contribution in [0.25, 0.3) is 17.0 Å². The summed E-state index contributed by atoms with van der Waals surface area (Å²) >= 11 is 1.31. The number of fused-ring (bicyclic) bond motifs is 2. The number of carbonyl (C=O) groups excluding carboxylic acids is 1. The van der Waals surface area contributed by atoms with Gasteiger partial charge in [-0.15, -0.1) is 6.58 Å². The van der Waals surface area contributed by atoms with Gasteiger partial charge in [0, 0.05) is 29.2 Å². The first-order chi connectivity index (χ1) is 19.0. The summed E-state index contributed by atoms with van der Waals surface area (Å²) in [7, 11) is 0. The van der Waals surface area contributed by atoms with E-state index in [1.807, 2.05) is 60.8 Å². The van der Waals surface area contributed by atoms with Crippen LogP contribution in [0.5, 0.6) is 5.75 Å². The molecule has 1 aliphatic heterocycles. The van der Waals surface area contributed by atoms with E-state index in [9.17, 15) is 9.59 Å². The maximum absolute atomic E-state index is 14.0. The predicted molar refractivity (Wildman–Crippen MR) is 155 cm³/mol. The van der Waals surface area contributed by atoms with Crippen molar-refractivity contribution in [3.05, 3.63) is 122 Å². The molecule has 2 aromatic carbocycles. The van der Waals surface area contributed by atoms with Crippen molar-refractivity contribution >= 4 is 34.3 Å². The number of hydrogen-bond acceptors (Lipinski definition) is 6. The molecule has 2 aromatic heterocycles. The number of esters is 1. The van der Waals surface area contributed by atoms with Gasteiger partial charge in [0.2, 0.25) is 0 Å². The van der Waals surface area contributed by atoms with Crippen molar-refractivity contribution < 1.29 is 14.3 Å². The van der Waals surface area contributed by atoms with E-state index in [2.05, 4.69) is 28.8 Å². The molecule has 0 spiro atoms. The highest BCUT2D eigenvalue weighted by molar-refractivity contribution is 7.07. The topological polar surface area (TPSA) is 74.8 Å². The number of para-hydroxylation sites is 1. The second-order valence-corrected chi connectivity index (χ2v) is 10.0. The molecule has 7 nitrogen and oxygen atoms in total. The maximum Gasteiger partial charge on any atom is 0.338 e. The molecule has 0 saturated heterocycles. The lowest BCUT2D eigenvalue weighted by atomic mass is 9.96. The summed E-state index contributed by atoms with van der Waals surface area (Å²) in [6, 6.07) is 14.8. The Hall–Kier alpha value is -4.43. The first-order valence-electron chi connectivity index (χ1n) is 12.7. The second kappa shape index (κ2) is 11.1. The molecule has 0 saturated carbocycles. The molecular weight excluding hydrogens is 510 g/mol. The number of allylic oxidation sites excluding steroid dienone is 2. The Morgan fingerprint density at radius 1 is 1.13 bits per heavy atom. The number of ether oxygens (including phenoxy) is 2. The highest BCUT2D eigenvalue weighted by Crippen LogP contribution is 2.31. The zero-order valence-corrected chi connectivity index (χ0v) is 22.7. The lowest BCUT2D eigenvalue weighted by Gasteiger charge is -2.24. The molecule has 8 heteroatoms. The van der Waals surface area contributed by atoms with Gasteiger partial charge in [-0.25, -0.2) is 9.79 Å². The fourth-order valence-electron chi connectivity index (χ4n) is 4.83. The summed E-state index contributed by atoms with van der Waals surface area (Å²) in [6.45, 7) is 12.3. The van der Waals surface area contributed by atoms with Crippen molar-refractivity contribution in [2.75, 3.05) is 13.2 Å². The van der Waals surface area contributed by atoms with Crippen molar-refractivity contribution in [3.63, 3.8) is 0 Å². The molecule has 0 bridgehead atoms.